The molecule has 0 aliphatic rings. The summed E-state index contributed by atoms with van der Waals surface area (Å²) in [7, 11) is 1.94. The molecule has 0 aromatic rings. The van der Waals surface area contributed by atoms with Crippen molar-refractivity contribution in [3.8, 4) is 0 Å². The molecule has 0 rings (SSSR count). The maximum absolute atomic E-state index is 10.9. The molecule has 1 unspecified atom stereocenters. The molecule has 0 heterocycles. The van der Waals surface area contributed by atoms with Gasteiger partial charge in [-0.3, -0.25) is 4.79 Å². The molecule has 1 N–H and O–H groups in total. The largest absolute Gasteiger partial charge is 0.465 e. The molecule has 0 bridgehead atoms. The van der Waals surface area contributed by atoms with Crippen LogP contribution in [0, 0.1) is 0 Å². The number of ether oxygens (including phenoxy) is 1. The standard InChI is InChI=1S/C9H19NO2S/c1-4-8(10-3)6-13-7-9(11)12-5-2/h8,10H,4-7H2,1-3H3. The third-order valence-corrected chi connectivity index (χ3v) is 2.82. The highest BCUT2D eigenvalue weighted by Gasteiger charge is 2.05. The predicted molar refractivity (Wildman–Crippen MR) is 57.1 cm³/mol. The van der Waals surface area contributed by atoms with E-state index in [4.69, 9.17) is 4.74 Å². The minimum absolute atomic E-state index is 0.113. The molecule has 0 saturated heterocycles. The highest BCUT2D eigenvalue weighted by atomic mass is 32.2. The van der Waals surface area contributed by atoms with Gasteiger partial charge in [0.1, 0.15) is 0 Å². The summed E-state index contributed by atoms with van der Waals surface area (Å²) in [5, 5.41) is 3.18. The Hall–Kier alpha value is -0.220. The van der Waals surface area contributed by atoms with Gasteiger partial charge in [0.25, 0.3) is 0 Å². The van der Waals surface area contributed by atoms with E-state index in [-0.39, 0.29) is 5.97 Å². The summed E-state index contributed by atoms with van der Waals surface area (Å²) in [6.07, 6.45) is 1.09. The third-order valence-electron chi connectivity index (χ3n) is 1.75. The Morgan fingerprint density at radius 1 is 1.54 bits per heavy atom. The Morgan fingerprint density at radius 3 is 2.69 bits per heavy atom. The highest BCUT2D eigenvalue weighted by molar-refractivity contribution is 7.99. The van der Waals surface area contributed by atoms with Gasteiger partial charge in [-0.25, -0.2) is 0 Å². The van der Waals surface area contributed by atoms with Crippen LogP contribution in [0.3, 0.4) is 0 Å². The van der Waals surface area contributed by atoms with Crippen LogP contribution in [0.5, 0.6) is 0 Å². The second kappa shape index (κ2) is 8.38. The minimum Gasteiger partial charge on any atom is -0.465 e. The summed E-state index contributed by atoms with van der Waals surface area (Å²) in [4.78, 5) is 10.9. The summed E-state index contributed by atoms with van der Waals surface area (Å²) in [5.74, 6) is 1.32. The lowest BCUT2D eigenvalue weighted by molar-refractivity contribution is -0.139. The van der Waals surface area contributed by atoms with E-state index in [1.54, 1.807) is 11.8 Å². The first kappa shape index (κ1) is 12.8. The fourth-order valence-electron chi connectivity index (χ4n) is 0.892. The van der Waals surface area contributed by atoms with Crippen LogP contribution >= 0.6 is 11.8 Å². The first-order valence-corrected chi connectivity index (χ1v) is 5.80. The van der Waals surface area contributed by atoms with Crippen LogP contribution in [-0.4, -0.2) is 37.2 Å². The number of carbonyl (C=O) groups is 1. The topological polar surface area (TPSA) is 38.3 Å². The van der Waals surface area contributed by atoms with Crippen molar-refractivity contribution in [2.75, 3.05) is 25.2 Å². The van der Waals surface area contributed by atoms with E-state index in [0.29, 0.717) is 18.4 Å². The maximum Gasteiger partial charge on any atom is 0.315 e. The fourth-order valence-corrected chi connectivity index (χ4v) is 1.95. The molecule has 0 aromatic heterocycles. The Labute approximate surface area is 84.6 Å². The van der Waals surface area contributed by atoms with Crippen LogP contribution in [-0.2, 0) is 9.53 Å². The maximum atomic E-state index is 10.9. The van der Waals surface area contributed by atoms with E-state index in [2.05, 4.69) is 12.2 Å². The van der Waals surface area contributed by atoms with Crippen LogP contribution in [0.25, 0.3) is 0 Å². The molecule has 0 aliphatic carbocycles. The van der Waals surface area contributed by atoms with Crippen LogP contribution in [0.1, 0.15) is 20.3 Å². The minimum atomic E-state index is -0.113. The predicted octanol–water partition coefficient (Wildman–Crippen LogP) is 1.28. The number of thioether (sulfide) groups is 1. The summed E-state index contributed by atoms with van der Waals surface area (Å²) >= 11 is 1.62. The lowest BCUT2D eigenvalue weighted by atomic mass is 10.3. The molecule has 0 radical (unpaired) electrons. The average molecular weight is 205 g/mol. The monoisotopic (exact) mass is 205 g/mol. The molecule has 1 atom stereocenters. The van der Waals surface area contributed by atoms with Crippen molar-refractivity contribution < 1.29 is 9.53 Å². The molecule has 4 heteroatoms. The SMILES string of the molecule is CCOC(=O)CSCC(CC)NC. The summed E-state index contributed by atoms with van der Waals surface area (Å²) in [6, 6.07) is 0.499. The number of hydrogen-bond acceptors (Lipinski definition) is 4. The zero-order chi connectivity index (χ0) is 10.1. The molecule has 0 spiro atoms. The van der Waals surface area contributed by atoms with Crippen molar-refractivity contribution in [3.63, 3.8) is 0 Å². The van der Waals surface area contributed by atoms with E-state index in [1.807, 2.05) is 14.0 Å². The quantitative estimate of drug-likeness (QED) is 0.635. The normalized spacial score (nSPS) is 12.5. The van der Waals surface area contributed by atoms with Gasteiger partial charge in [0, 0.05) is 11.8 Å². The van der Waals surface area contributed by atoms with Gasteiger partial charge in [-0.1, -0.05) is 6.92 Å². The van der Waals surface area contributed by atoms with Gasteiger partial charge >= 0.3 is 5.97 Å². The molecule has 0 aromatic carbocycles. The second-order valence-corrected chi connectivity index (χ2v) is 3.74. The van der Waals surface area contributed by atoms with E-state index in [9.17, 15) is 4.79 Å². The fraction of sp³-hybridized carbons (Fsp3) is 0.889. The summed E-state index contributed by atoms with van der Waals surface area (Å²) in [5.41, 5.74) is 0. The van der Waals surface area contributed by atoms with Gasteiger partial charge in [-0.05, 0) is 20.4 Å². The molecular weight excluding hydrogens is 186 g/mol. The number of nitrogens with one attached hydrogen (secondary N) is 1. The Balaban J connectivity index is 3.37. The zero-order valence-corrected chi connectivity index (χ0v) is 9.45. The van der Waals surface area contributed by atoms with Crippen LogP contribution < -0.4 is 5.32 Å². The van der Waals surface area contributed by atoms with Crippen molar-refractivity contribution in [1.82, 2.24) is 5.32 Å². The van der Waals surface area contributed by atoms with E-state index in [0.717, 1.165) is 12.2 Å². The van der Waals surface area contributed by atoms with E-state index in [1.165, 1.54) is 0 Å². The van der Waals surface area contributed by atoms with Gasteiger partial charge in [0.2, 0.25) is 0 Å². The molecule has 0 saturated carbocycles. The van der Waals surface area contributed by atoms with Crippen molar-refractivity contribution in [2.45, 2.75) is 26.3 Å². The van der Waals surface area contributed by atoms with Gasteiger partial charge in [0.15, 0.2) is 0 Å². The number of rotatable bonds is 7. The summed E-state index contributed by atoms with van der Waals surface area (Å²) < 4.78 is 4.81. The molecular formula is C9H19NO2S. The summed E-state index contributed by atoms with van der Waals surface area (Å²) in [6.45, 7) is 4.43. The smallest absolute Gasteiger partial charge is 0.315 e. The van der Waals surface area contributed by atoms with E-state index >= 15 is 0 Å². The van der Waals surface area contributed by atoms with Gasteiger partial charge in [-0.2, -0.15) is 0 Å². The first-order valence-electron chi connectivity index (χ1n) is 4.65. The number of esters is 1. The molecule has 0 amide bonds. The second-order valence-electron chi connectivity index (χ2n) is 2.71. The lowest BCUT2D eigenvalue weighted by Gasteiger charge is -2.12. The average Bonchev–Trinajstić information content (AvgIpc) is 2.13. The van der Waals surface area contributed by atoms with Crippen LogP contribution in [0.15, 0.2) is 0 Å². The molecule has 3 nitrogen and oxygen atoms in total. The van der Waals surface area contributed by atoms with Crippen molar-refractivity contribution in [3.05, 3.63) is 0 Å². The van der Waals surface area contributed by atoms with Crippen LogP contribution in [0.4, 0.5) is 0 Å². The van der Waals surface area contributed by atoms with Crippen LogP contribution in [0.2, 0.25) is 0 Å². The number of carbonyl (C=O) groups excluding carboxylic acids is 1. The number of hydrogen-bond donors (Lipinski definition) is 1. The molecule has 0 fully saturated rings. The Morgan fingerprint density at radius 2 is 2.23 bits per heavy atom. The third kappa shape index (κ3) is 6.90. The molecule has 78 valence electrons. The molecule has 13 heavy (non-hydrogen) atoms. The van der Waals surface area contributed by atoms with Crippen molar-refractivity contribution in [1.29, 1.82) is 0 Å². The van der Waals surface area contributed by atoms with Gasteiger partial charge in [0.05, 0.1) is 12.4 Å². The highest BCUT2D eigenvalue weighted by Crippen LogP contribution is 2.05. The van der Waals surface area contributed by atoms with Gasteiger partial charge < -0.3 is 10.1 Å². The van der Waals surface area contributed by atoms with Gasteiger partial charge in [-0.15, -0.1) is 11.8 Å². The zero-order valence-electron chi connectivity index (χ0n) is 8.63. The van der Waals surface area contributed by atoms with Crippen molar-refractivity contribution in [2.24, 2.45) is 0 Å². The first-order chi connectivity index (χ1) is 6.24. The lowest BCUT2D eigenvalue weighted by Crippen LogP contribution is -2.27. The Bertz CT molecular complexity index is 138. The molecule has 0 aliphatic heterocycles. The Kier molecular flexibility index (Phi) is 8.24. The van der Waals surface area contributed by atoms with Crippen molar-refractivity contribution >= 4 is 17.7 Å². The van der Waals surface area contributed by atoms with E-state index < -0.39 is 0 Å².